The topological polar surface area (TPSA) is 67.9 Å². The lowest BCUT2D eigenvalue weighted by Crippen LogP contribution is -2.49. The Balaban J connectivity index is 1.60. The number of ether oxygens (including phenoxy) is 2. The number of likely N-dealkylation sites (tertiary alicyclic amines) is 1. The van der Waals surface area contributed by atoms with Crippen molar-refractivity contribution in [3.63, 3.8) is 0 Å². The molecule has 172 valence electrons. The highest BCUT2D eigenvalue weighted by Crippen LogP contribution is 2.40. The lowest BCUT2D eigenvalue weighted by molar-refractivity contribution is -0.162. The third-order valence-corrected chi connectivity index (χ3v) is 6.07. The van der Waals surface area contributed by atoms with Gasteiger partial charge in [0.25, 0.3) is 0 Å². The van der Waals surface area contributed by atoms with Gasteiger partial charge in [0, 0.05) is 25.4 Å². The Labute approximate surface area is 180 Å². The minimum atomic E-state index is -4.42. The number of amides is 2. The molecule has 2 aliphatic rings. The molecule has 2 aliphatic heterocycles. The van der Waals surface area contributed by atoms with Crippen molar-refractivity contribution in [2.75, 3.05) is 31.6 Å². The third-order valence-electron chi connectivity index (χ3n) is 6.07. The Kier molecular flexibility index (Phi) is 7.46. The van der Waals surface area contributed by atoms with Crippen LogP contribution in [0.15, 0.2) is 24.3 Å². The molecule has 1 aromatic carbocycles. The first-order valence-corrected chi connectivity index (χ1v) is 10.8. The van der Waals surface area contributed by atoms with Crippen molar-refractivity contribution in [1.29, 1.82) is 0 Å². The van der Waals surface area contributed by atoms with Crippen LogP contribution in [0.3, 0.4) is 0 Å². The molecule has 0 aliphatic carbocycles. The molecule has 0 radical (unpaired) electrons. The van der Waals surface area contributed by atoms with Crippen LogP contribution in [0.5, 0.6) is 0 Å². The number of benzene rings is 1. The molecule has 31 heavy (non-hydrogen) atoms. The second-order valence-electron chi connectivity index (χ2n) is 8.19. The van der Waals surface area contributed by atoms with Gasteiger partial charge in [0.1, 0.15) is 0 Å². The van der Waals surface area contributed by atoms with E-state index in [0.29, 0.717) is 45.6 Å². The van der Waals surface area contributed by atoms with E-state index < -0.39 is 23.2 Å². The van der Waals surface area contributed by atoms with Crippen LogP contribution in [0.4, 0.5) is 23.7 Å². The second kappa shape index (κ2) is 9.89. The molecule has 9 heteroatoms. The molecule has 0 bridgehead atoms. The van der Waals surface area contributed by atoms with Gasteiger partial charge in [0.05, 0.1) is 23.7 Å². The molecule has 0 aromatic heterocycles. The zero-order chi connectivity index (χ0) is 22.5. The minimum Gasteiger partial charge on any atom is -0.466 e. The number of piperidine rings is 1. The Bertz CT molecular complexity index is 753. The van der Waals surface area contributed by atoms with Gasteiger partial charge in [-0.25, -0.2) is 4.79 Å². The number of esters is 1. The summed E-state index contributed by atoms with van der Waals surface area (Å²) in [4.78, 5) is 27.0. The van der Waals surface area contributed by atoms with Crippen LogP contribution in [-0.2, 0) is 20.4 Å². The van der Waals surface area contributed by atoms with Gasteiger partial charge in [0.15, 0.2) is 0 Å². The molecule has 2 fully saturated rings. The van der Waals surface area contributed by atoms with Gasteiger partial charge < -0.3 is 19.7 Å². The van der Waals surface area contributed by atoms with Gasteiger partial charge in [-0.15, -0.1) is 0 Å². The highest BCUT2D eigenvalue weighted by Gasteiger charge is 2.45. The van der Waals surface area contributed by atoms with Crippen molar-refractivity contribution in [3.8, 4) is 0 Å². The molecular formula is C22H29F3N2O4. The van der Waals surface area contributed by atoms with Crippen LogP contribution in [0.25, 0.3) is 0 Å². The molecule has 2 amide bonds. The SMILES string of the molecule is CCOC(=O)C1(C[C@H]2CCCCO2)CCN(C(=O)Nc2ccc(C(F)(F)F)cc2)CC1. The molecule has 2 heterocycles. The fraction of sp³-hybridized carbons (Fsp3) is 0.636. The average Bonchev–Trinajstić information content (AvgIpc) is 2.75. The number of hydrogen-bond acceptors (Lipinski definition) is 4. The molecule has 1 atom stereocenters. The van der Waals surface area contributed by atoms with E-state index >= 15 is 0 Å². The first-order chi connectivity index (χ1) is 14.7. The number of nitrogens with one attached hydrogen (secondary N) is 1. The number of rotatable bonds is 5. The first kappa shape index (κ1) is 23.4. The lowest BCUT2D eigenvalue weighted by Gasteiger charge is -2.42. The van der Waals surface area contributed by atoms with Gasteiger partial charge in [-0.3, -0.25) is 4.79 Å². The maximum absolute atomic E-state index is 12.8. The van der Waals surface area contributed by atoms with Gasteiger partial charge in [-0.1, -0.05) is 0 Å². The molecular weight excluding hydrogens is 413 g/mol. The van der Waals surface area contributed by atoms with Crippen molar-refractivity contribution in [2.24, 2.45) is 5.41 Å². The number of carbonyl (C=O) groups excluding carboxylic acids is 2. The quantitative estimate of drug-likeness (QED) is 0.663. The van der Waals surface area contributed by atoms with Gasteiger partial charge in [-0.05, 0) is 69.7 Å². The zero-order valence-corrected chi connectivity index (χ0v) is 17.7. The van der Waals surface area contributed by atoms with E-state index in [4.69, 9.17) is 9.47 Å². The third kappa shape index (κ3) is 5.90. The smallest absolute Gasteiger partial charge is 0.416 e. The number of hydrogen-bond donors (Lipinski definition) is 1. The number of alkyl halides is 3. The molecule has 2 saturated heterocycles. The van der Waals surface area contributed by atoms with Crippen LogP contribution in [0.2, 0.25) is 0 Å². The van der Waals surface area contributed by atoms with Crippen LogP contribution in [0, 0.1) is 5.41 Å². The number of halogens is 3. The van der Waals surface area contributed by atoms with Crippen LogP contribution < -0.4 is 5.32 Å². The fourth-order valence-electron chi connectivity index (χ4n) is 4.26. The molecule has 3 rings (SSSR count). The van der Waals surface area contributed by atoms with E-state index in [1.165, 1.54) is 12.1 Å². The molecule has 0 spiro atoms. The maximum Gasteiger partial charge on any atom is 0.416 e. The summed E-state index contributed by atoms with van der Waals surface area (Å²) < 4.78 is 49.3. The van der Waals surface area contributed by atoms with E-state index in [1.807, 2.05) is 0 Å². The normalized spacial score (nSPS) is 21.4. The Hall–Kier alpha value is -2.29. The lowest BCUT2D eigenvalue weighted by atomic mass is 9.73. The highest BCUT2D eigenvalue weighted by molar-refractivity contribution is 5.89. The van der Waals surface area contributed by atoms with Crippen LogP contribution >= 0.6 is 0 Å². The molecule has 1 aromatic rings. The van der Waals surface area contributed by atoms with E-state index in [2.05, 4.69) is 5.32 Å². The predicted octanol–water partition coefficient (Wildman–Crippen LogP) is 4.84. The molecule has 0 saturated carbocycles. The summed E-state index contributed by atoms with van der Waals surface area (Å²) in [6.07, 6.45) is 0.128. The second-order valence-corrected chi connectivity index (χ2v) is 8.19. The summed E-state index contributed by atoms with van der Waals surface area (Å²) in [6, 6.07) is 3.93. The van der Waals surface area contributed by atoms with Gasteiger partial charge in [-0.2, -0.15) is 13.2 Å². The van der Waals surface area contributed by atoms with Crippen molar-refractivity contribution < 1.29 is 32.2 Å². The Morgan fingerprint density at radius 3 is 2.42 bits per heavy atom. The number of anilines is 1. The summed E-state index contributed by atoms with van der Waals surface area (Å²) in [7, 11) is 0. The molecule has 1 N–H and O–H groups in total. The monoisotopic (exact) mass is 442 g/mol. The van der Waals surface area contributed by atoms with Crippen molar-refractivity contribution in [1.82, 2.24) is 4.90 Å². The summed E-state index contributed by atoms with van der Waals surface area (Å²) in [5.74, 6) is -0.244. The number of urea groups is 1. The molecule has 0 unspecified atom stereocenters. The first-order valence-electron chi connectivity index (χ1n) is 10.8. The van der Waals surface area contributed by atoms with E-state index in [9.17, 15) is 22.8 Å². The van der Waals surface area contributed by atoms with Crippen LogP contribution in [-0.4, -0.2) is 49.3 Å². The van der Waals surface area contributed by atoms with Crippen molar-refractivity contribution >= 4 is 17.7 Å². The largest absolute Gasteiger partial charge is 0.466 e. The standard InChI is InChI=1S/C22H29F3N2O4/c1-2-30-19(28)21(15-18-5-3-4-14-31-18)10-12-27(13-11-21)20(29)26-17-8-6-16(7-9-17)22(23,24)25/h6-9,18H,2-5,10-15H2,1H3,(H,26,29)/t18-/m1/s1. The minimum absolute atomic E-state index is 0.0191. The highest BCUT2D eigenvalue weighted by atomic mass is 19.4. The predicted molar refractivity (Wildman–Crippen MR) is 109 cm³/mol. The van der Waals surface area contributed by atoms with Crippen molar-refractivity contribution in [3.05, 3.63) is 29.8 Å². The zero-order valence-electron chi connectivity index (χ0n) is 17.7. The van der Waals surface area contributed by atoms with Gasteiger partial charge >= 0.3 is 18.2 Å². The van der Waals surface area contributed by atoms with E-state index in [-0.39, 0.29) is 17.8 Å². The van der Waals surface area contributed by atoms with E-state index in [1.54, 1.807) is 11.8 Å². The van der Waals surface area contributed by atoms with Crippen molar-refractivity contribution in [2.45, 2.75) is 57.7 Å². The Morgan fingerprint density at radius 1 is 1.19 bits per heavy atom. The number of carbonyl (C=O) groups is 2. The summed E-state index contributed by atoms with van der Waals surface area (Å²) in [6.45, 7) is 3.49. The Morgan fingerprint density at radius 2 is 1.87 bits per heavy atom. The van der Waals surface area contributed by atoms with Crippen LogP contribution in [0.1, 0.15) is 51.0 Å². The summed E-state index contributed by atoms with van der Waals surface area (Å²) >= 11 is 0. The van der Waals surface area contributed by atoms with Gasteiger partial charge in [0.2, 0.25) is 0 Å². The molecule has 6 nitrogen and oxygen atoms in total. The van der Waals surface area contributed by atoms with E-state index in [0.717, 1.165) is 31.4 Å². The summed E-state index contributed by atoms with van der Waals surface area (Å²) in [5, 5.41) is 2.63. The fourth-order valence-corrected chi connectivity index (χ4v) is 4.26. The summed E-state index contributed by atoms with van der Waals surface area (Å²) in [5.41, 5.74) is -1.16. The number of nitrogens with zero attached hydrogens (tertiary/aromatic N) is 1. The maximum atomic E-state index is 12.8. The average molecular weight is 442 g/mol.